The van der Waals surface area contributed by atoms with Crippen LogP contribution in [0.2, 0.25) is 0 Å². The van der Waals surface area contributed by atoms with Crippen LogP contribution >= 0.6 is 0 Å². The molecule has 0 fully saturated rings. The Morgan fingerprint density at radius 2 is 0.973 bits per heavy atom. The molecule has 21 nitrogen and oxygen atoms in total. The molecule has 75 heavy (non-hydrogen) atoms. The molecule has 0 aliphatic rings. The smallest absolute Gasteiger partial charge is 0.259 e. The largest absolute Gasteiger partial charge is 0.494 e. The molecule has 2 aromatic carbocycles. The second kappa shape index (κ2) is 23.1. The van der Waals surface area contributed by atoms with E-state index in [9.17, 15) is 16.8 Å². The van der Waals surface area contributed by atoms with Gasteiger partial charge in [-0.05, 0) is 100 Å². The maximum absolute atomic E-state index is 13.7. The molecule has 0 spiro atoms. The van der Waals surface area contributed by atoms with Crippen LogP contribution in [-0.2, 0) is 32.7 Å². The van der Waals surface area contributed by atoms with Gasteiger partial charge in [0.2, 0.25) is 5.62 Å². The zero-order valence-corrected chi connectivity index (χ0v) is 45.8. The van der Waals surface area contributed by atoms with Crippen molar-refractivity contribution >= 4 is 19.9 Å². The van der Waals surface area contributed by atoms with Gasteiger partial charge in [0, 0.05) is 79.6 Å². The van der Waals surface area contributed by atoms with Crippen LogP contribution in [-0.4, -0.2) is 115 Å². The van der Waals surface area contributed by atoms with Crippen LogP contribution in [0.1, 0.15) is 79.3 Å². The molecule has 6 aromatic heterocycles. The molecule has 0 aliphatic carbocycles. The first kappa shape index (κ1) is 54.8. The minimum absolute atomic E-state index is 0.0631. The lowest BCUT2D eigenvalue weighted by atomic mass is 10.1. The molecule has 0 unspecified atom stereocenters. The van der Waals surface area contributed by atoms with Gasteiger partial charge in [0.1, 0.15) is 51.8 Å². The van der Waals surface area contributed by atoms with Crippen LogP contribution in [0.15, 0.2) is 103 Å². The second-order valence-electron chi connectivity index (χ2n) is 18.0. The first-order chi connectivity index (χ1) is 35.7. The summed E-state index contributed by atoms with van der Waals surface area (Å²) in [6, 6.07) is 14.5. The fourth-order valence-electron chi connectivity index (χ4n) is 8.03. The standard InChI is InChI=1S/C26H31N7O4S.C26H30N6O4S/c1-16-11-20(15-27-12-16)25-30-32(5)26(33(25)23-21(36-6)9-8-10-22(23)37-7)31-38(34,35)19(4)18(3)24-28-13-17(2)14-29-24;1-16-10-20(14-27-11-16)26-31-30-23(32(26)24-21(35-5)8-7-9-22(24)36-6)15-37(33,34)19(4)18(3)25-28-12-17(2)13-29-25/h8-15,18-19H,1-7H3;7-14,18-19H,15H2,1-6H3/t2*18-,19-/m00/s1. The van der Waals surface area contributed by atoms with Gasteiger partial charge in [0.15, 0.2) is 27.3 Å². The van der Waals surface area contributed by atoms with E-state index in [-0.39, 0.29) is 17.2 Å². The van der Waals surface area contributed by atoms with Gasteiger partial charge in [0.25, 0.3) is 10.0 Å². The van der Waals surface area contributed by atoms with Crippen LogP contribution in [0.5, 0.6) is 23.0 Å². The molecule has 6 heterocycles. The highest BCUT2D eigenvalue weighted by molar-refractivity contribution is 7.91. The zero-order chi connectivity index (χ0) is 54.4. The van der Waals surface area contributed by atoms with Gasteiger partial charge in [-0.15, -0.1) is 14.6 Å². The summed E-state index contributed by atoms with van der Waals surface area (Å²) in [7, 11) is -0.0171. The Morgan fingerprint density at radius 3 is 1.41 bits per heavy atom. The minimum atomic E-state index is -4.07. The Labute approximate surface area is 436 Å². The third-order valence-electron chi connectivity index (χ3n) is 12.6. The number of aryl methyl sites for hydroxylation is 5. The van der Waals surface area contributed by atoms with Gasteiger partial charge in [-0.1, -0.05) is 26.0 Å². The van der Waals surface area contributed by atoms with E-state index < -0.39 is 42.2 Å². The highest BCUT2D eigenvalue weighted by atomic mass is 32.2. The van der Waals surface area contributed by atoms with E-state index in [1.165, 1.54) is 33.1 Å². The number of sulfone groups is 1. The fourth-order valence-corrected chi connectivity index (χ4v) is 10.8. The zero-order valence-electron chi connectivity index (χ0n) is 44.2. The Hall–Kier alpha value is -7.92. The van der Waals surface area contributed by atoms with Gasteiger partial charge in [-0.3, -0.25) is 19.1 Å². The number of methoxy groups -OCH3 is 4. The van der Waals surface area contributed by atoms with Crippen LogP contribution in [0, 0.1) is 27.7 Å². The summed E-state index contributed by atoms with van der Waals surface area (Å²) in [5, 5.41) is 11.7. The first-order valence-electron chi connectivity index (χ1n) is 23.7. The van der Waals surface area contributed by atoms with E-state index in [4.69, 9.17) is 18.9 Å². The Balaban J connectivity index is 0.000000219. The van der Waals surface area contributed by atoms with Crippen molar-refractivity contribution in [2.75, 3.05) is 28.4 Å². The van der Waals surface area contributed by atoms with Crippen molar-refractivity contribution in [1.29, 1.82) is 0 Å². The molecular formula is C52H61N13O8S2. The number of para-hydroxylation sites is 2. The van der Waals surface area contributed by atoms with Crippen molar-refractivity contribution in [2.45, 2.75) is 83.5 Å². The van der Waals surface area contributed by atoms with E-state index >= 15 is 0 Å². The van der Waals surface area contributed by atoms with Gasteiger partial charge in [0.05, 0.1) is 38.9 Å². The molecule has 0 saturated heterocycles. The number of benzene rings is 2. The molecule has 394 valence electrons. The van der Waals surface area contributed by atoms with E-state index in [2.05, 4.69) is 49.6 Å². The molecule has 0 aliphatic heterocycles. The quantitative estimate of drug-likeness (QED) is 0.0892. The van der Waals surface area contributed by atoms with E-state index in [0.717, 1.165) is 22.3 Å². The molecule has 4 atom stereocenters. The number of hydrogen-bond donors (Lipinski definition) is 0. The van der Waals surface area contributed by atoms with E-state index in [1.807, 2.05) is 46.8 Å². The van der Waals surface area contributed by atoms with Crippen molar-refractivity contribution in [1.82, 2.24) is 59.0 Å². The SMILES string of the molecule is COc1cccc(OC)c1-n1c(-c2cncc(C)c2)nn(C)c1=NS(=O)(=O)[C@@H](C)[C@H](C)c1ncc(C)cn1.COc1cccc(OC)c1-n1c(CS(=O)(=O)[C@@H](C)[C@H](C)c2ncc(C)cn2)nnc1-c1cncc(C)c1. The van der Waals surface area contributed by atoms with Gasteiger partial charge >= 0.3 is 0 Å². The lowest BCUT2D eigenvalue weighted by molar-refractivity contribution is 0.390. The minimum Gasteiger partial charge on any atom is -0.494 e. The van der Waals surface area contributed by atoms with Crippen molar-refractivity contribution in [3.8, 4) is 57.1 Å². The highest BCUT2D eigenvalue weighted by Gasteiger charge is 2.34. The summed E-state index contributed by atoms with van der Waals surface area (Å²) < 4.78 is 86.2. The van der Waals surface area contributed by atoms with Gasteiger partial charge < -0.3 is 18.9 Å². The molecule has 23 heteroatoms. The number of hydrogen-bond acceptors (Lipinski definition) is 17. The monoisotopic (exact) mass is 1060 g/mol. The lowest BCUT2D eigenvalue weighted by Gasteiger charge is -2.20. The van der Waals surface area contributed by atoms with Crippen molar-refractivity contribution in [3.05, 3.63) is 143 Å². The molecular weight excluding hydrogens is 999 g/mol. The average Bonchev–Trinajstić information content (AvgIpc) is 3.96. The van der Waals surface area contributed by atoms with E-state index in [0.29, 0.717) is 68.8 Å². The number of pyridine rings is 2. The molecule has 0 bridgehead atoms. The molecule has 0 N–H and O–H groups in total. The van der Waals surface area contributed by atoms with Crippen molar-refractivity contribution < 1.29 is 35.8 Å². The number of nitrogens with zero attached hydrogens (tertiary/aromatic N) is 13. The van der Waals surface area contributed by atoms with Gasteiger partial charge in [-0.2, -0.15) is 5.10 Å². The number of sulfonamides is 1. The fraction of sp³-hybridized carbons (Fsp3) is 0.346. The average molecular weight is 1060 g/mol. The van der Waals surface area contributed by atoms with Crippen molar-refractivity contribution in [3.63, 3.8) is 0 Å². The summed E-state index contributed by atoms with van der Waals surface area (Å²) in [5.41, 5.74) is 6.01. The highest BCUT2D eigenvalue weighted by Crippen LogP contribution is 2.38. The number of aromatic nitrogens is 12. The molecule has 0 radical (unpaired) electrons. The summed E-state index contributed by atoms with van der Waals surface area (Å²) in [6.45, 7) is 14.4. The predicted octanol–water partition coefficient (Wildman–Crippen LogP) is 6.98. The summed E-state index contributed by atoms with van der Waals surface area (Å²) >= 11 is 0. The van der Waals surface area contributed by atoms with Crippen LogP contribution in [0.3, 0.4) is 0 Å². The third-order valence-corrected chi connectivity index (χ3v) is 16.6. The Kier molecular flexibility index (Phi) is 16.9. The lowest BCUT2D eigenvalue weighted by Crippen LogP contribution is -2.31. The Bertz CT molecular complexity index is 3560. The maximum atomic E-state index is 13.7. The summed E-state index contributed by atoms with van der Waals surface area (Å²) in [4.78, 5) is 25.9. The number of ether oxygens (including phenoxy) is 4. The van der Waals surface area contributed by atoms with Crippen LogP contribution < -0.4 is 24.6 Å². The predicted molar refractivity (Wildman–Crippen MR) is 282 cm³/mol. The topological polar surface area (TPSA) is 248 Å². The first-order valence-corrected chi connectivity index (χ1v) is 26.9. The maximum Gasteiger partial charge on any atom is 0.259 e. The molecule has 0 amide bonds. The Morgan fingerprint density at radius 1 is 0.547 bits per heavy atom. The normalized spacial score (nSPS) is 13.5. The molecule has 0 saturated carbocycles. The summed E-state index contributed by atoms with van der Waals surface area (Å²) in [5.74, 6) is 2.54. The van der Waals surface area contributed by atoms with E-state index in [1.54, 1.807) is 123 Å². The summed E-state index contributed by atoms with van der Waals surface area (Å²) in [6.07, 6.45) is 13.5. The van der Waals surface area contributed by atoms with Crippen LogP contribution in [0.4, 0.5) is 0 Å². The molecule has 8 rings (SSSR count). The van der Waals surface area contributed by atoms with Crippen molar-refractivity contribution in [2.24, 2.45) is 11.4 Å². The van der Waals surface area contributed by atoms with Crippen LogP contribution in [0.25, 0.3) is 34.2 Å². The third kappa shape index (κ3) is 11.9. The molecule has 8 aromatic rings. The van der Waals surface area contributed by atoms with Gasteiger partial charge in [-0.25, -0.2) is 41.5 Å². The number of rotatable bonds is 17. The second-order valence-corrected chi connectivity index (χ2v) is 22.3.